The van der Waals surface area contributed by atoms with Crippen LogP contribution < -0.4 is 15.1 Å². The molecule has 11 heteroatoms. The molecule has 2 aromatic heterocycles. The van der Waals surface area contributed by atoms with Crippen molar-refractivity contribution in [3.63, 3.8) is 0 Å². The SMILES string of the molecule is Cc1ccc(NC(=O)Cn2c3c(sc2=O)[C@H](c2cccs2)C2C(=O)N(c4ccc(Br)cc4)C(=O)C2S3)cc1. The molecular formula is C27H20BrN3O4S3. The molecule has 2 unspecified atom stereocenters. The Labute approximate surface area is 238 Å². The number of nitrogens with one attached hydrogen (secondary N) is 1. The first-order valence-electron chi connectivity index (χ1n) is 11.8. The lowest BCUT2D eigenvalue weighted by Gasteiger charge is -2.29. The fraction of sp³-hybridized carbons (Fsp3) is 0.185. The van der Waals surface area contributed by atoms with Gasteiger partial charge in [0.15, 0.2) is 0 Å². The summed E-state index contributed by atoms with van der Waals surface area (Å²) in [5, 5.41) is 4.64. The second-order valence-corrected chi connectivity index (χ2v) is 13.1. The molecule has 1 fully saturated rings. The number of amides is 3. The van der Waals surface area contributed by atoms with E-state index in [1.807, 2.05) is 48.7 Å². The number of aryl methyl sites for hydroxylation is 1. The number of carbonyl (C=O) groups excluding carboxylic acids is 3. The minimum Gasteiger partial charge on any atom is -0.325 e. The number of aromatic nitrogens is 1. The van der Waals surface area contributed by atoms with Gasteiger partial charge >= 0.3 is 4.87 Å². The van der Waals surface area contributed by atoms with Gasteiger partial charge < -0.3 is 5.32 Å². The smallest absolute Gasteiger partial charge is 0.308 e. The molecule has 0 aliphatic carbocycles. The van der Waals surface area contributed by atoms with Gasteiger partial charge in [0, 0.05) is 25.8 Å². The maximum atomic E-state index is 13.8. The fourth-order valence-corrected chi connectivity index (χ4v) is 8.84. The summed E-state index contributed by atoms with van der Waals surface area (Å²) in [5.74, 6) is -2.00. The van der Waals surface area contributed by atoms with Crippen LogP contribution in [-0.2, 0) is 20.9 Å². The summed E-state index contributed by atoms with van der Waals surface area (Å²) in [7, 11) is 0. The Hall–Kier alpha value is -2.99. The molecule has 0 spiro atoms. The highest BCUT2D eigenvalue weighted by Gasteiger charge is 2.57. The molecule has 0 saturated carbocycles. The molecular weight excluding hydrogens is 606 g/mol. The lowest BCUT2D eigenvalue weighted by atomic mass is 9.87. The van der Waals surface area contributed by atoms with E-state index in [4.69, 9.17) is 0 Å². The van der Waals surface area contributed by atoms with E-state index in [1.54, 1.807) is 24.3 Å². The number of hydrogen-bond donors (Lipinski definition) is 1. The van der Waals surface area contributed by atoms with Gasteiger partial charge in [-0.2, -0.15) is 0 Å². The van der Waals surface area contributed by atoms with E-state index >= 15 is 0 Å². The van der Waals surface area contributed by atoms with Crippen LogP contribution in [0.4, 0.5) is 11.4 Å². The molecule has 2 aromatic carbocycles. The molecule has 4 heterocycles. The Morgan fingerprint density at radius 1 is 1.00 bits per heavy atom. The van der Waals surface area contributed by atoms with Crippen molar-refractivity contribution in [3.05, 3.63) is 95.5 Å². The molecule has 4 aromatic rings. The average Bonchev–Trinajstić information content (AvgIpc) is 3.59. The number of carbonyl (C=O) groups is 3. The minimum atomic E-state index is -0.703. The largest absolute Gasteiger partial charge is 0.325 e. The lowest BCUT2D eigenvalue weighted by molar-refractivity contribution is -0.122. The number of thiazole rings is 1. The van der Waals surface area contributed by atoms with Gasteiger partial charge in [-0.1, -0.05) is 62.8 Å². The second-order valence-electron chi connectivity index (χ2n) is 9.08. The van der Waals surface area contributed by atoms with Gasteiger partial charge in [0.25, 0.3) is 0 Å². The van der Waals surface area contributed by atoms with E-state index in [0.717, 1.165) is 31.1 Å². The monoisotopic (exact) mass is 625 g/mol. The number of imide groups is 1. The Morgan fingerprint density at radius 2 is 1.74 bits per heavy atom. The van der Waals surface area contributed by atoms with Crippen molar-refractivity contribution in [1.82, 2.24) is 4.57 Å². The predicted molar refractivity (Wildman–Crippen MR) is 154 cm³/mol. The van der Waals surface area contributed by atoms with E-state index < -0.39 is 17.1 Å². The minimum absolute atomic E-state index is 0.182. The van der Waals surface area contributed by atoms with E-state index in [1.165, 1.54) is 32.6 Å². The Morgan fingerprint density at radius 3 is 2.42 bits per heavy atom. The summed E-state index contributed by atoms with van der Waals surface area (Å²) in [5.41, 5.74) is 2.23. The molecule has 7 nitrogen and oxygen atoms in total. The first-order chi connectivity index (χ1) is 18.3. The van der Waals surface area contributed by atoms with Crippen LogP contribution in [0.5, 0.6) is 0 Å². The zero-order valence-electron chi connectivity index (χ0n) is 19.9. The van der Waals surface area contributed by atoms with Crippen molar-refractivity contribution in [1.29, 1.82) is 0 Å². The van der Waals surface area contributed by atoms with Crippen LogP contribution in [0.15, 0.2) is 80.3 Å². The number of halogens is 1. The highest BCUT2D eigenvalue weighted by molar-refractivity contribution is 9.10. The highest BCUT2D eigenvalue weighted by Crippen LogP contribution is 2.54. The van der Waals surface area contributed by atoms with Gasteiger partial charge in [-0.15, -0.1) is 11.3 Å². The second kappa shape index (κ2) is 9.96. The number of nitrogens with zero attached hydrogens (tertiary/aromatic N) is 2. The van der Waals surface area contributed by atoms with Crippen molar-refractivity contribution in [2.75, 3.05) is 10.2 Å². The fourth-order valence-electron chi connectivity index (χ4n) is 4.86. The van der Waals surface area contributed by atoms with Gasteiger partial charge in [-0.25, -0.2) is 4.90 Å². The van der Waals surface area contributed by atoms with Crippen LogP contribution in [0.3, 0.4) is 0 Å². The number of hydrogen-bond acceptors (Lipinski definition) is 7. The summed E-state index contributed by atoms with van der Waals surface area (Å²) in [6, 6.07) is 18.3. The Balaban J connectivity index is 1.38. The van der Waals surface area contributed by atoms with Crippen molar-refractivity contribution >= 4 is 79.5 Å². The summed E-state index contributed by atoms with van der Waals surface area (Å²) in [6.45, 7) is 1.78. The number of thiophene rings is 1. The van der Waals surface area contributed by atoms with Crippen LogP contribution in [0.1, 0.15) is 21.2 Å². The first-order valence-corrected chi connectivity index (χ1v) is 15.1. The van der Waals surface area contributed by atoms with Crippen molar-refractivity contribution in [3.8, 4) is 0 Å². The summed E-state index contributed by atoms with van der Waals surface area (Å²) in [6.07, 6.45) is 0. The first kappa shape index (κ1) is 25.3. The number of fused-ring (bicyclic) bond motifs is 2. The molecule has 1 saturated heterocycles. The van der Waals surface area contributed by atoms with Crippen LogP contribution in [0.2, 0.25) is 0 Å². The van der Waals surface area contributed by atoms with E-state index in [-0.39, 0.29) is 29.1 Å². The summed E-state index contributed by atoms with van der Waals surface area (Å²) < 4.78 is 2.28. The quantitative estimate of drug-likeness (QED) is 0.297. The van der Waals surface area contributed by atoms with Gasteiger partial charge in [-0.05, 0) is 54.8 Å². The molecule has 1 N–H and O–H groups in total. The van der Waals surface area contributed by atoms with Crippen molar-refractivity contribution in [2.45, 2.75) is 29.7 Å². The Kier molecular flexibility index (Phi) is 6.63. The van der Waals surface area contributed by atoms with Crippen molar-refractivity contribution in [2.24, 2.45) is 5.92 Å². The van der Waals surface area contributed by atoms with Crippen LogP contribution >= 0.6 is 50.4 Å². The number of anilines is 2. The molecule has 38 heavy (non-hydrogen) atoms. The third kappa shape index (κ3) is 4.37. The third-order valence-electron chi connectivity index (χ3n) is 6.62. The zero-order valence-corrected chi connectivity index (χ0v) is 24.0. The zero-order chi connectivity index (χ0) is 26.6. The highest BCUT2D eigenvalue weighted by atomic mass is 79.9. The van der Waals surface area contributed by atoms with Gasteiger partial charge in [0.05, 0.1) is 16.6 Å². The van der Waals surface area contributed by atoms with Crippen LogP contribution in [0.25, 0.3) is 0 Å². The molecule has 192 valence electrons. The molecule has 2 aliphatic rings. The van der Waals surface area contributed by atoms with Crippen LogP contribution in [-0.4, -0.2) is 27.5 Å². The van der Waals surface area contributed by atoms with E-state index in [2.05, 4.69) is 21.2 Å². The average molecular weight is 627 g/mol. The molecule has 3 amide bonds. The normalized spacial score (nSPS) is 20.4. The van der Waals surface area contributed by atoms with Gasteiger partial charge in [-0.3, -0.25) is 23.7 Å². The molecule has 3 atom stereocenters. The lowest BCUT2D eigenvalue weighted by Crippen LogP contribution is -2.32. The molecule has 6 rings (SSSR count). The maximum absolute atomic E-state index is 13.8. The van der Waals surface area contributed by atoms with Crippen molar-refractivity contribution < 1.29 is 14.4 Å². The number of benzene rings is 2. The number of thioether (sulfide) groups is 1. The maximum Gasteiger partial charge on any atom is 0.308 e. The standard InChI is InChI=1S/C27H20BrN3O4S3/c1-14-4-8-16(9-5-14)29-19(32)13-30-26-23(38-27(30)35)20(18-3-2-12-36-18)21-22(37-26)25(34)31(24(21)33)17-10-6-15(28)7-11-17/h2-12,20-22H,13H2,1H3,(H,29,32)/t20-,21?,22?/m1/s1. The number of rotatable bonds is 5. The Bertz CT molecular complexity index is 1610. The van der Waals surface area contributed by atoms with E-state index in [0.29, 0.717) is 16.4 Å². The third-order valence-corrected chi connectivity index (χ3v) is 10.7. The predicted octanol–water partition coefficient (Wildman–Crippen LogP) is 5.48. The molecule has 2 aliphatic heterocycles. The summed E-state index contributed by atoms with van der Waals surface area (Å²) in [4.78, 5) is 56.2. The topological polar surface area (TPSA) is 88.5 Å². The molecule has 0 radical (unpaired) electrons. The van der Waals surface area contributed by atoms with Gasteiger partial charge in [0.2, 0.25) is 17.7 Å². The van der Waals surface area contributed by atoms with E-state index in [9.17, 15) is 19.2 Å². The van der Waals surface area contributed by atoms with Gasteiger partial charge in [0.1, 0.15) is 11.8 Å². The molecule has 0 bridgehead atoms. The summed E-state index contributed by atoms with van der Waals surface area (Å²) >= 11 is 7.16. The van der Waals surface area contributed by atoms with Crippen LogP contribution in [0, 0.1) is 12.8 Å².